The molecule has 4 N–H and O–H groups in total. The second-order valence-corrected chi connectivity index (χ2v) is 8.73. The quantitative estimate of drug-likeness (QED) is 0.168. The Balaban J connectivity index is 3.25. The number of aromatic nitrogens is 1. The fourth-order valence-electron chi connectivity index (χ4n) is 1.90. The number of oxime groups is 1. The van der Waals surface area contributed by atoms with E-state index >= 15 is 0 Å². The maximum atomic E-state index is 12.7. The van der Waals surface area contributed by atoms with Crippen molar-refractivity contribution in [2.24, 2.45) is 5.16 Å². The van der Waals surface area contributed by atoms with E-state index in [-0.39, 0.29) is 10.8 Å². The van der Waals surface area contributed by atoms with Crippen molar-refractivity contribution in [2.45, 2.75) is 64.9 Å². The molecule has 0 spiro atoms. The lowest BCUT2D eigenvalue weighted by atomic mass is 10.1. The van der Waals surface area contributed by atoms with Gasteiger partial charge < -0.3 is 30.4 Å². The van der Waals surface area contributed by atoms with Gasteiger partial charge in [0, 0.05) is 5.38 Å². The average molecular weight is 458 g/mol. The number of amides is 2. The summed E-state index contributed by atoms with van der Waals surface area (Å²) < 4.78 is 5.26. The van der Waals surface area contributed by atoms with Crippen LogP contribution in [-0.4, -0.2) is 68.5 Å². The molecule has 0 radical (unpaired) electrons. The molecule has 1 heterocycles. The molecule has 0 saturated heterocycles. The van der Waals surface area contributed by atoms with Gasteiger partial charge in [0.2, 0.25) is 12.0 Å². The van der Waals surface area contributed by atoms with Gasteiger partial charge in [-0.15, -0.1) is 11.3 Å². The second kappa shape index (κ2) is 10.3. The van der Waals surface area contributed by atoms with Gasteiger partial charge in [-0.3, -0.25) is 9.59 Å². The lowest BCUT2D eigenvalue weighted by molar-refractivity contribution is -0.179. The SMILES string of the molecule is C[C@@H](O)[C@H](NC(=O)/C(=N\OC(C)(C)C(=O)OC(C)(C)C)c1csc(NC=O)n1)C(=O)O. The predicted octanol–water partition coefficient (Wildman–Crippen LogP) is 0.503. The minimum absolute atomic E-state index is 0.0541. The molecule has 0 saturated carbocycles. The monoisotopic (exact) mass is 458 g/mol. The second-order valence-electron chi connectivity index (χ2n) is 7.87. The summed E-state index contributed by atoms with van der Waals surface area (Å²) in [5.41, 5.74) is -2.92. The van der Waals surface area contributed by atoms with E-state index in [0.29, 0.717) is 6.41 Å². The molecule has 13 heteroatoms. The number of nitrogens with one attached hydrogen (secondary N) is 2. The molecule has 172 valence electrons. The Morgan fingerprint density at radius 3 is 2.35 bits per heavy atom. The van der Waals surface area contributed by atoms with Gasteiger partial charge in [-0.05, 0) is 41.5 Å². The number of nitrogens with zero attached hydrogens (tertiary/aromatic N) is 2. The molecule has 0 unspecified atom stereocenters. The van der Waals surface area contributed by atoms with E-state index in [9.17, 15) is 29.4 Å². The first kappa shape index (κ1) is 26.0. The number of thiazole rings is 1. The topological polar surface area (TPSA) is 177 Å². The average Bonchev–Trinajstić information content (AvgIpc) is 3.06. The number of rotatable bonds is 10. The van der Waals surface area contributed by atoms with Gasteiger partial charge in [0.15, 0.2) is 16.9 Å². The highest BCUT2D eigenvalue weighted by Gasteiger charge is 2.36. The summed E-state index contributed by atoms with van der Waals surface area (Å²) in [6, 6.07) is -1.64. The molecular weight excluding hydrogens is 432 g/mol. The smallest absolute Gasteiger partial charge is 0.353 e. The summed E-state index contributed by atoms with van der Waals surface area (Å²) >= 11 is 0.972. The summed E-state index contributed by atoms with van der Waals surface area (Å²) in [6.07, 6.45) is -1.03. The van der Waals surface area contributed by atoms with Crippen molar-refractivity contribution in [3.8, 4) is 0 Å². The predicted molar refractivity (Wildman–Crippen MR) is 111 cm³/mol. The molecule has 12 nitrogen and oxygen atoms in total. The number of carbonyl (C=O) groups is 4. The molecular formula is C18H26N4O8S. The number of aliphatic carboxylic acids is 1. The standard InChI is InChI=1S/C18H26N4O8S/c1-9(24)11(14(26)27)21-13(25)12(10-7-31-16(20-10)19-8-23)22-30-18(5,6)15(28)29-17(2,3)4/h7-9,11,24H,1-6H3,(H,21,25)(H,26,27)(H,19,20,23)/b22-12-/t9-,11+/m1/s1. The normalized spacial score (nSPS) is 14.2. The molecule has 0 fully saturated rings. The fourth-order valence-corrected chi connectivity index (χ4v) is 2.55. The van der Waals surface area contributed by atoms with E-state index in [4.69, 9.17) is 9.57 Å². The van der Waals surface area contributed by atoms with Crippen LogP contribution >= 0.6 is 11.3 Å². The van der Waals surface area contributed by atoms with E-state index < -0.39 is 46.9 Å². The Morgan fingerprint density at radius 1 is 1.26 bits per heavy atom. The number of hydrogen-bond acceptors (Lipinski definition) is 10. The molecule has 2 atom stereocenters. The molecule has 1 aromatic rings. The molecule has 0 aliphatic rings. The number of carboxylic acids is 1. The molecule has 0 aliphatic carbocycles. The zero-order valence-corrected chi connectivity index (χ0v) is 18.8. The number of carbonyl (C=O) groups excluding carboxylic acids is 3. The first-order valence-electron chi connectivity index (χ1n) is 9.05. The van der Waals surface area contributed by atoms with Gasteiger partial charge in [0.1, 0.15) is 11.3 Å². The lowest BCUT2D eigenvalue weighted by Crippen LogP contribution is -2.50. The van der Waals surface area contributed by atoms with Crippen molar-refractivity contribution in [2.75, 3.05) is 5.32 Å². The van der Waals surface area contributed by atoms with Crippen molar-refractivity contribution >= 4 is 46.4 Å². The van der Waals surface area contributed by atoms with Gasteiger partial charge >= 0.3 is 11.9 Å². The van der Waals surface area contributed by atoms with Crippen molar-refractivity contribution in [3.05, 3.63) is 11.1 Å². The van der Waals surface area contributed by atoms with Crippen LogP contribution in [-0.2, 0) is 28.8 Å². The first-order valence-corrected chi connectivity index (χ1v) is 9.93. The summed E-state index contributed by atoms with van der Waals surface area (Å²) in [7, 11) is 0. The maximum Gasteiger partial charge on any atom is 0.353 e. The highest BCUT2D eigenvalue weighted by atomic mass is 32.1. The molecule has 0 aliphatic heterocycles. The Labute approximate surface area is 182 Å². The Hall–Kier alpha value is -3.06. The number of hydrogen-bond donors (Lipinski definition) is 4. The largest absolute Gasteiger partial charge is 0.480 e. The van der Waals surface area contributed by atoms with E-state index in [2.05, 4.69) is 20.8 Å². The van der Waals surface area contributed by atoms with Gasteiger partial charge in [-0.1, -0.05) is 5.16 Å². The van der Waals surface area contributed by atoms with Crippen LogP contribution in [0.1, 0.15) is 47.2 Å². The molecule has 1 aromatic heterocycles. The van der Waals surface area contributed by atoms with Crippen molar-refractivity contribution in [1.82, 2.24) is 10.3 Å². The van der Waals surface area contributed by atoms with E-state index in [1.807, 2.05) is 0 Å². The van der Waals surface area contributed by atoms with Gasteiger partial charge in [0.05, 0.1) is 6.10 Å². The molecule has 0 aromatic carbocycles. The van der Waals surface area contributed by atoms with Crippen LogP contribution < -0.4 is 10.6 Å². The number of carboxylic acid groups (broad SMARTS) is 1. The van der Waals surface area contributed by atoms with Crippen LogP contribution in [0.25, 0.3) is 0 Å². The van der Waals surface area contributed by atoms with Crippen LogP contribution in [0.5, 0.6) is 0 Å². The number of esters is 1. The summed E-state index contributed by atoms with van der Waals surface area (Å²) in [5, 5.41) is 28.4. The van der Waals surface area contributed by atoms with Crippen LogP contribution in [0.2, 0.25) is 0 Å². The first-order chi connectivity index (χ1) is 14.2. The van der Waals surface area contributed by atoms with Crippen LogP contribution in [0.3, 0.4) is 0 Å². The zero-order valence-electron chi connectivity index (χ0n) is 18.0. The highest BCUT2D eigenvalue weighted by Crippen LogP contribution is 2.20. The summed E-state index contributed by atoms with van der Waals surface area (Å²) in [4.78, 5) is 56.2. The lowest BCUT2D eigenvalue weighted by Gasteiger charge is -2.27. The third-order valence-corrected chi connectivity index (χ3v) is 4.21. The number of ether oxygens (including phenoxy) is 1. The Kier molecular flexibility index (Phi) is 8.64. The third-order valence-electron chi connectivity index (χ3n) is 3.43. The molecule has 31 heavy (non-hydrogen) atoms. The van der Waals surface area contributed by atoms with E-state index in [1.54, 1.807) is 20.8 Å². The van der Waals surface area contributed by atoms with Gasteiger partial charge in [-0.2, -0.15) is 0 Å². The van der Waals surface area contributed by atoms with E-state index in [1.165, 1.54) is 26.2 Å². The van der Waals surface area contributed by atoms with Crippen LogP contribution in [0, 0.1) is 0 Å². The van der Waals surface area contributed by atoms with Crippen LogP contribution in [0.4, 0.5) is 5.13 Å². The minimum atomic E-state index is -1.64. The number of anilines is 1. The maximum absolute atomic E-state index is 12.7. The van der Waals surface area contributed by atoms with Crippen LogP contribution in [0.15, 0.2) is 10.5 Å². The molecule has 0 bridgehead atoms. The van der Waals surface area contributed by atoms with Crippen molar-refractivity contribution in [3.63, 3.8) is 0 Å². The Morgan fingerprint density at radius 2 is 1.87 bits per heavy atom. The number of aliphatic hydroxyl groups excluding tert-OH is 1. The summed E-state index contributed by atoms with van der Waals surface area (Å²) in [5.74, 6) is -3.26. The van der Waals surface area contributed by atoms with Gasteiger partial charge in [0.25, 0.3) is 5.91 Å². The van der Waals surface area contributed by atoms with Gasteiger partial charge in [-0.25, -0.2) is 14.6 Å². The molecule has 2 amide bonds. The fraction of sp³-hybridized carbons (Fsp3) is 0.556. The van der Waals surface area contributed by atoms with Crippen molar-refractivity contribution < 1.29 is 39.0 Å². The Bertz CT molecular complexity index is 857. The minimum Gasteiger partial charge on any atom is -0.480 e. The molecule has 1 rings (SSSR count). The number of aliphatic hydroxyl groups is 1. The van der Waals surface area contributed by atoms with E-state index in [0.717, 1.165) is 11.3 Å². The highest BCUT2D eigenvalue weighted by molar-refractivity contribution is 7.14. The summed E-state index contributed by atoms with van der Waals surface area (Å²) in [6.45, 7) is 8.94. The zero-order chi connectivity index (χ0) is 24.0. The third kappa shape index (κ3) is 7.94. The van der Waals surface area contributed by atoms with Crippen molar-refractivity contribution in [1.29, 1.82) is 0 Å².